The quantitative estimate of drug-likeness (QED) is 0.206. The number of halogens is 3. The lowest BCUT2D eigenvalue weighted by Crippen LogP contribution is -2.23. The van der Waals surface area contributed by atoms with Crippen molar-refractivity contribution < 1.29 is 9.47 Å². The predicted octanol–water partition coefficient (Wildman–Crippen LogP) is 7.17. The van der Waals surface area contributed by atoms with E-state index >= 15 is 0 Å². The number of ether oxygens (including phenoxy) is 2. The molecule has 0 bridgehead atoms. The Labute approximate surface area is 224 Å². The molecule has 4 rings (SSSR count). The molecule has 0 N–H and O–H groups in total. The van der Waals surface area contributed by atoms with Gasteiger partial charge in [0.1, 0.15) is 17.5 Å². The van der Waals surface area contributed by atoms with Gasteiger partial charge in [0.15, 0.2) is 11.5 Å². The topological polar surface area (TPSA) is 65.7 Å². The molecule has 6 nitrogen and oxygen atoms in total. The fraction of sp³-hybridized carbons (Fsp3) is 0.192. The van der Waals surface area contributed by atoms with Gasteiger partial charge in [-0.05, 0) is 45.8 Å². The monoisotopic (exact) mass is 617 g/mol. The number of fused-ring (bicyclic) bond motifs is 1. The molecule has 0 amide bonds. The molecule has 0 saturated carbocycles. The van der Waals surface area contributed by atoms with Crippen LogP contribution in [0.2, 0.25) is 5.02 Å². The second kappa shape index (κ2) is 10.9. The summed E-state index contributed by atoms with van der Waals surface area (Å²) in [5.41, 5.74) is 1.99. The maximum Gasteiger partial charge on any atom is 0.282 e. The van der Waals surface area contributed by atoms with Crippen molar-refractivity contribution in [3.05, 3.63) is 95.9 Å². The van der Waals surface area contributed by atoms with Crippen molar-refractivity contribution in [3.8, 4) is 11.5 Å². The molecule has 0 atom stereocenters. The van der Waals surface area contributed by atoms with Crippen molar-refractivity contribution >= 4 is 60.6 Å². The van der Waals surface area contributed by atoms with Crippen LogP contribution >= 0.6 is 43.5 Å². The molecule has 35 heavy (non-hydrogen) atoms. The summed E-state index contributed by atoms with van der Waals surface area (Å²) >= 11 is 13.6. The van der Waals surface area contributed by atoms with E-state index < -0.39 is 0 Å². The number of benzene rings is 3. The van der Waals surface area contributed by atoms with Gasteiger partial charge in [-0.1, -0.05) is 71.7 Å². The Hall–Kier alpha value is -2.68. The highest BCUT2D eigenvalue weighted by Gasteiger charge is 2.18. The minimum absolute atomic E-state index is 0.0248. The lowest BCUT2D eigenvalue weighted by molar-refractivity contribution is 0.284. The van der Waals surface area contributed by atoms with Crippen LogP contribution in [0.4, 0.5) is 0 Å². The van der Waals surface area contributed by atoms with Crippen LogP contribution in [0.25, 0.3) is 10.9 Å². The molecule has 0 unspecified atom stereocenters. The van der Waals surface area contributed by atoms with E-state index in [1.807, 2.05) is 56.3 Å². The first-order valence-corrected chi connectivity index (χ1v) is 12.8. The summed E-state index contributed by atoms with van der Waals surface area (Å²) in [5.74, 6) is 1.40. The average molecular weight is 620 g/mol. The van der Waals surface area contributed by atoms with Crippen molar-refractivity contribution in [3.63, 3.8) is 0 Å². The molecular weight excluding hydrogens is 598 g/mol. The van der Waals surface area contributed by atoms with Gasteiger partial charge >= 0.3 is 0 Å². The standard InChI is InChI=1S/C26H22Br2ClN3O3/c1-15(2)25-31-20-10-9-18(27)12-19(20)26(33)32(25)30-13-17-11-21(34-3)24(23(29)22(17)28)35-14-16-7-5-4-6-8-16/h4-13,15H,14H2,1-3H3. The van der Waals surface area contributed by atoms with Crippen LogP contribution in [-0.2, 0) is 6.61 Å². The molecule has 0 spiro atoms. The van der Waals surface area contributed by atoms with Gasteiger partial charge in [0.2, 0.25) is 0 Å². The zero-order chi connectivity index (χ0) is 25.1. The maximum absolute atomic E-state index is 13.3. The Kier molecular flexibility index (Phi) is 7.94. The van der Waals surface area contributed by atoms with Gasteiger partial charge in [-0.15, -0.1) is 0 Å². The molecular formula is C26H22Br2ClN3O3. The third-order valence-electron chi connectivity index (χ3n) is 5.26. The van der Waals surface area contributed by atoms with Crippen LogP contribution in [0, 0.1) is 0 Å². The fourth-order valence-corrected chi connectivity index (χ4v) is 4.50. The molecule has 0 radical (unpaired) electrons. The van der Waals surface area contributed by atoms with E-state index in [0.29, 0.717) is 49.9 Å². The molecule has 0 fully saturated rings. The first-order chi connectivity index (χ1) is 16.8. The van der Waals surface area contributed by atoms with Crippen molar-refractivity contribution in [1.82, 2.24) is 9.66 Å². The Morgan fingerprint density at radius 3 is 2.57 bits per heavy atom. The number of hydrogen-bond donors (Lipinski definition) is 0. The molecule has 9 heteroatoms. The maximum atomic E-state index is 13.3. The fourth-order valence-electron chi connectivity index (χ4n) is 3.49. The average Bonchev–Trinajstić information content (AvgIpc) is 2.85. The van der Waals surface area contributed by atoms with Gasteiger partial charge in [-0.2, -0.15) is 9.78 Å². The molecule has 1 aromatic heterocycles. The lowest BCUT2D eigenvalue weighted by Gasteiger charge is -2.15. The number of methoxy groups -OCH3 is 1. The molecule has 0 aliphatic rings. The largest absolute Gasteiger partial charge is 0.493 e. The van der Waals surface area contributed by atoms with E-state index in [0.717, 1.165) is 10.0 Å². The van der Waals surface area contributed by atoms with Gasteiger partial charge in [0.25, 0.3) is 5.56 Å². The highest BCUT2D eigenvalue weighted by atomic mass is 79.9. The summed E-state index contributed by atoms with van der Waals surface area (Å²) in [6.07, 6.45) is 1.55. The van der Waals surface area contributed by atoms with Gasteiger partial charge in [0.05, 0.1) is 24.2 Å². The van der Waals surface area contributed by atoms with Crippen molar-refractivity contribution in [1.29, 1.82) is 0 Å². The Morgan fingerprint density at radius 1 is 1.14 bits per heavy atom. The van der Waals surface area contributed by atoms with Crippen LogP contribution in [0.15, 0.2) is 73.4 Å². The number of nitrogens with zero attached hydrogens (tertiary/aromatic N) is 3. The minimum Gasteiger partial charge on any atom is -0.493 e. The number of aromatic nitrogens is 2. The number of rotatable bonds is 7. The molecule has 180 valence electrons. The zero-order valence-corrected chi connectivity index (χ0v) is 23.2. The summed E-state index contributed by atoms with van der Waals surface area (Å²) in [5, 5.41) is 5.31. The lowest BCUT2D eigenvalue weighted by atomic mass is 10.2. The van der Waals surface area contributed by atoms with Crippen LogP contribution in [0.5, 0.6) is 11.5 Å². The Balaban J connectivity index is 1.75. The summed E-state index contributed by atoms with van der Waals surface area (Å²) in [7, 11) is 1.54. The van der Waals surface area contributed by atoms with E-state index in [9.17, 15) is 4.79 Å². The van der Waals surface area contributed by atoms with Gasteiger partial charge < -0.3 is 9.47 Å². The highest BCUT2D eigenvalue weighted by Crippen LogP contribution is 2.42. The molecule has 0 aliphatic carbocycles. The molecule has 1 heterocycles. The van der Waals surface area contributed by atoms with E-state index in [4.69, 9.17) is 21.1 Å². The van der Waals surface area contributed by atoms with Crippen LogP contribution in [0.3, 0.4) is 0 Å². The summed E-state index contributed by atoms with van der Waals surface area (Å²) < 4.78 is 14.2. The van der Waals surface area contributed by atoms with Crippen LogP contribution in [-0.4, -0.2) is 23.0 Å². The van der Waals surface area contributed by atoms with Crippen LogP contribution in [0.1, 0.15) is 36.7 Å². The molecule has 3 aromatic carbocycles. The van der Waals surface area contributed by atoms with Crippen LogP contribution < -0.4 is 15.0 Å². The smallest absolute Gasteiger partial charge is 0.282 e. The first-order valence-electron chi connectivity index (χ1n) is 10.8. The highest BCUT2D eigenvalue weighted by molar-refractivity contribution is 9.10. The first kappa shape index (κ1) is 25.4. The second-order valence-electron chi connectivity index (χ2n) is 8.05. The Morgan fingerprint density at radius 2 is 1.89 bits per heavy atom. The third kappa shape index (κ3) is 5.44. The summed E-state index contributed by atoms with van der Waals surface area (Å²) in [6.45, 7) is 4.27. The molecule has 0 aliphatic heterocycles. The van der Waals surface area contributed by atoms with Gasteiger partial charge in [-0.3, -0.25) is 4.79 Å². The summed E-state index contributed by atoms with van der Waals surface area (Å²) in [6, 6.07) is 17.0. The van der Waals surface area contributed by atoms with E-state index in [1.54, 1.807) is 25.5 Å². The van der Waals surface area contributed by atoms with Crippen molar-refractivity contribution in [2.24, 2.45) is 5.10 Å². The SMILES string of the molecule is COc1cc(C=Nn2c(C(C)C)nc3ccc(Br)cc3c2=O)c(Br)c(Cl)c1OCc1ccccc1. The second-order valence-corrected chi connectivity index (χ2v) is 10.1. The zero-order valence-electron chi connectivity index (χ0n) is 19.3. The Bertz CT molecular complexity index is 1470. The minimum atomic E-state index is -0.256. The van der Waals surface area contributed by atoms with E-state index in [2.05, 4.69) is 41.9 Å². The van der Waals surface area contributed by atoms with Gasteiger partial charge in [-0.25, -0.2) is 4.98 Å². The summed E-state index contributed by atoms with van der Waals surface area (Å²) in [4.78, 5) is 18.0. The van der Waals surface area contributed by atoms with E-state index in [-0.39, 0.29) is 11.5 Å². The number of hydrogen-bond acceptors (Lipinski definition) is 5. The van der Waals surface area contributed by atoms with Crippen molar-refractivity contribution in [2.45, 2.75) is 26.4 Å². The van der Waals surface area contributed by atoms with E-state index in [1.165, 1.54) is 4.68 Å². The predicted molar refractivity (Wildman–Crippen MR) is 147 cm³/mol. The third-order valence-corrected chi connectivity index (χ3v) is 7.20. The normalized spacial score (nSPS) is 11.5. The van der Waals surface area contributed by atoms with Gasteiger partial charge in [0, 0.05) is 20.4 Å². The van der Waals surface area contributed by atoms with Crippen molar-refractivity contribution in [2.75, 3.05) is 7.11 Å². The molecule has 0 saturated heterocycles. The molecule has 4 aromatic rings.